The molecule has 1 aromatic rings. The lowest BCUT2D eigenvalue weighted by Crippen LogP contribution is -2.57. The molecule has 1 atom stereocenters. The van der Waals surface area contributed by atoms with Gasteiger partial charge in [-0.1, -0.05) is 12.5 Å². The van der Waals surface area contributed by atoms with Crippen LogP contribution in [-0.2, 0) is 24.8 Å². The van der Waals surface area contributed by atoms with Gasteiger partial charge in [-0.3, -0.25) is 4.79 Å². The van der Waals surface area contributed by atoms with Crippen LogP contribution in [0.3, 0.4) is 0 Å². The van der Waals surface area contributed by atoms with Crippen molar-refractivity contribution < 1.29 is 26.0 Å². The summed E-state index contributed by atoms with van der Waals surface area (Å²) in [6.07, 6.45) is 3.06. The first-order chi connectivity index (χ1) is 13.1. The summed E-state index contributed by atoms with van der Waals surface area (Å²) in [5, 5.41) is 0. The fraction of sp³-hybridized carbons (Fsp3) is 0.588. The highest BCUT2D eigenvalue weighted by Crippen LogP contribution is 2.23. The largest absolute Gasteiger partial charge is 0.339 e. The van der Waals surface area contributed by atoms with Crippen molar-refractivity contribution in [3.8, 4) is 0 Å². The summed E-state index contributed by atoms with van der Waals surface area (Å²) in [7, 11) is -7.33. The number of nitrogens with zero attached hydrogens (tertiary/aromatic N) is 3. The second kappa shape index (κ2) is 8.05. The standard InChI is InChI=1S/C17H24FN3O5S2/c1-27(23,24)21-8-3-2-7-16(21)17(22)19-9-11-20(12-10-19)28(25,26)15-6-4-5-14(18)13-15/h4-6,13,16H,2-3,7-12H2,1H3/t16-/m1/s1. The molecule has 0 unspecified atom stereocenters. The van der Waals surface area contributed by atoms with Crippen molar-refractivity contribution in [1.29, 1.82) is 0 Å². The topological polar surface area (TPSA) is 95.1 Å². The van der Waals surface area contributed by atoms with E-state index in [0.717, 1.165) is 25.2 Å². The molecule has 28 heavy (non-hydrogen) atoms. The first kappa shape index (κ1) is 21.2. The number of halogens is 1. The molecular formula is C17H24FN3O5S2. The van der Waals surface area contributed by atoms with E-state index in [-0.39, 0.29) is 37.0 Å². The quantitative estimate of drug-likeness (QED) is 0.688. The highest BCUT2D eigenvalue weighted by molar-refractivity contribution is 7.89. The Hall–Kier alpha value is -1.56. The number of hydrogen-bond acceptors (Lipinski definition) is 5. The molecule has 3 rings (SSSR count). The van der Waals surface area contributed by atoms with E-state index in [9.17, 15) is 26.0 Å². The normalized spacial score (nSPS) is 22.9. The Morgan fingerprint density at radius 2 is 1.71 bits per heavy atom. The molecule has 2 aliphatic heterocycles. The molecule has 2 fully saturated rings. The maximum atomic E-state index is 13.4. The Labute approximate surface area is 165 Å². The number of hydrogen-bond donors (Lipinski definition) is 0. The van der Waals surface area contributed by atoms with Crippen molar-refractivity contribution in [2.45, 2.75) is 30.2 Å². The lowest BCUT2D eigenvalue weighted by molar-refractivity contribution is -0.137. The molecule has 156 valence electrons. The van der Waals surface area contributed by atoms with Crippen molar-refractivity contribution in [2.75, 3.05) is 39.0 Å². The monoisotopic (exact) mass is 433 g/mol. The van der Waals surface area contributed by atoms with Gasteiger partial charge in [0.25, 0.3) is 0 Å². The summed E-state index contributed by atoms with van der Waals surface area (Å²) >= 11 is 0. The molecule has 0 bridgehead atoms. The number of carbonyl (C=O) groups excluding carboxylic acids is 1. The van der Waals surface area contributed by atoms with E-state index in [1.165, 1.54) is 31.7 Å². The smallest absolute Gasteiger partial charge is 0.243 e. The average molecular weight is 434 g/mol. The van der Waals surface area contributed by atoms with Crippen LogP contribution in [0.4, 0.5) is 4.39 Å². The summed E-state index contributed by atoms with van der Waals surface area (Å²) in [6.45, 7) is 0.818. The summed E-state index contributed by atoms with van der Waals surface area (Å²) in [5.74, 6) is -0.916. The minimum atomic E-state index is -3.84. The van der Waals surface area contributed by atoms with Gasteiger partial charge in [-0.15, -0.1) is 0 Å². The van der Waals surface area contributed by atoms with Gasteiger partial charge < -0.3 is 4.90 Å². The summed E-state index contributed by atoms with van der Waals surface area (Å²) in [4.78, 5) is 14.3. The molecule has 2 saturated heterocycles. The van der Waals surface area contributed by atoms with Crippen LogP contribution < -0.4 is 0 Å². The number of sulfonamides is 2. The first-order valence-electron chi connectivity index (χ1n) is 9.12. The highest BCUT2D eigenvalue weighted by Gasteiger charge is 2.38. The zero-order valence-electron chi connectivity index (χ0n) is 15.6. The Kier molecular flexibility index (Phi) is 6.08. The van der Waals surface area contributed by atoms with Crippen LogP contribution in [-0.4, -0.2) is 81.3 Å². The van der Waals surface area contributed by atoms with Gasteiger partial charge in [0.15, 0.2) is 0 Å². The molecule has 2 aliphatic rings. The lowest BCUT2D eigenvalue weighted by Gasteiger charge is -2.39. The predicted octanol–water partition coefficient (Wildman–Crippen LogP) is 0.473. The number of piperazine rings is 1. The maximum Gasteiger partial charge on any atom is 0.243 e. The zero-order valence-corrected chi connectivity index (χ0v) is 17.3. The van der Waals surface area contributed by atoms with E-state index in [1.54, 1.807) is 0 Å². The Morgan fingerprint density at radius 1 is 1.04 bits per heavy atom. The van der Waals surface area contributed by atoms with Crippen LogP contribution >= 0.6 is 0 Å². The van der Waals surface area contributed by atoms with E-state index in [1.807, 2.05) is 0 Å². The summed E-state index contributed by atoms with van der Waals surface area (Å²) in [6, 6.07) is 4.09. The molecule has 0 saturated carbocycles. The van der Waals surface area contributed by atoms with E-state index in [2.05, 4.69) is 0 Å². The fourth-order valence-corrected chi connectivity index (χ4v) is 6.26. The molecule has 0 N–H and O–H groups in total. The third-order valence-corrected chi connectivity index (χ3v) is 8.33. The Morgan fingerprint density at radius 3 is 2.32 bits per heavy atom. The summed E-state index contributed by atoms with van der Waals surface area (Å²) < 4.78 is 65.2. The molecule has 2 heterocycles. The minimum Gasteiger partial charge on any atom is -0.339 e. The first-order valence-corrected chi connectivity index (χ1v) is 12.4. The highest BCUT2D eigenvalue weighted by atomic mass is 32.2. The third-order valence-electron chi connectivity index (χ3n) is 5.15. The van der Waals surface area contributed by atoms with Crippen molar-refractivity contribution in [1.82, 2.24) is 13.5 Å². The van der Waals surface area contributed by atoms with E-state index >= 15 is 0 Å². The number of benzene rings is 1. The van der Waals surface area contributed by atoms with Crippen molar-refractivity contribution >= 4 is 26.0 Å². The molecule has 0 radical (unpaired) electrons. The van der Waals surface area contributed by atoms with E-state index < -0.39 is 31.9 Å². The molecule has 1 amide bonds. The van der Waals surface area contributed by atoms with Gasteiger partial charge in [-0.2, -0.15) is 8.61 Å². The molecule has 11 heteroatoms. The minimum absolute atomic E-state index is 0.0795. The van der Waals surface area contributed by atoms with E-state index in [0.29, 0.717) is 13.0 Å². The number of piperidine rings is 1. The molecule has 0 spiro atoms. The van der Waals surface area contributed by atoms with Crippen LogP contribution in [0.15, 0.2) is 29.2 Å². The second-order valence-corrected chi connectivity index (χ2v) is 10.9. The third kappa shape index (κ3) is 4.37. The zero-order chi connectivity index (χ0) is 20.5. The van der Waals surface area contributed by atoms with Crippen molar-refractivity contribution in [3.63, 3.8) is 0 Å². The van der Waals surface area contributed by atoms with Gasteiger partial charge in [0.1, 0.15) is 11.9 Å². The van der Waals surface area contributed by atoms with Crippen LogP contribution in [0.5, 0.6) is 0 Å². The van der Waals surface area contributed by atoms with Gasteiger partial charge in [-0.25, -0.2) is 21.2 Å². The predicted molar refractivity (Wildman–Crippen MR) is 101 cm³/mol. The van der Waals surface area contributed by atoms with Crippen LogP contribution in [0.2, 0.25) is 0 Å². The van der Waals surface area contributed by atoms with Crippen LogP contribution in [0, 0.1) is 5.82 Å². The SMILES string of the molecule is CS(=O)(=O)N1CCCC[C@@H]1C(=O)N1CCN(S(=O)(=O)c2cccc(F)c2)CC1. The van der Waals surface area contributed by atoms with Gasteiger partial charge in [-0.05, 0) is 31.0 Å². The number of rotatable bonds is 4. The second-order valence-electron chi connectivity index (χ2n) is 7.07. The van der Waals surface area contributed by atoms with Gasteiger partial charge in [0.05, 0.1) is 11.2 Å². The van der Waals surface area contributed by atoms with Crippen LogP contribution in [0.1, 0.15) is 19.3 Å². The molecular weight excluding hydrogens is 409 g/mol. The van der Waals surface area contributed by atoms with Gasteiger partial charge in [0.2, 0.25) is 26.0 Å². The lowest BCUT2D eigenvalue weighted by atomic mass is 10.0. The van der Waals surface area contributed by atoms with Crippen LogP contribution in [0.25, 0.3) is 0 Å². The number of carbonyl (C=O) groups is 1. The Balaban J connectivity index is 1.68. The van der Waals surface area contributed by atoms with Crippen molar-refractivity contribution in [3.05, 3.63) is 30.1 Å². The maximum absolute atomic E-state index is 13.4. The van der Waals surface area contributed by atoms with Gasteiger partial charge >= 0.3 is 0 Å². The summed E-state index contributed by atoms with van der Waals surface area (Å²) in [5.41, 5.74) is 0. The number of amides is 1. The van der Waals surface area contributed by atoms with Gasteiger partial charge in [0, 0.05) is 32.7 Å². The molecule has 0 aromatic heterocycles. The average Bonchev–Trinajstić information content (AvgIpc) is 2.67. The van der Waals surface area contributed by atoms with Crippen molar-refractivity contribution in [2.24, 2.45) is 0 Å². The molecule has 1 aromatic carbocycles. The Bertz CT molecular complexity index is 943. The molecule has 0 aliphatic carbocycles. The molecule has 8 nitrogen and oxygen atoms in total. The van der Waals surface area contributed by atoms with E-state index in [4.69, 9.17) is 0 Å². The fourth-order valence-electron chi connectivity index (χ4n) is 3.68.